The standard InChI is InChI=1S/C28H34FN5O4/c1-17(2)23(31-24(35)21-14-18(3)6-7-22(21)29)25(36)33-12-9-28(10-13-33)26(37)32(5)27(38)34(28)16-20-8-11-30-19(4)15-20/h6-8,11,14-15,17,23H,9-10,12-13,16H2,1-5H3,(H,31,35)/t23-/m1/s1. The second-order valence-electron chi connectivity index (χ2n) is 10.6. The Morgan fingerprint density at radius 3 is 2.42 bits per heavy atom. The van der Waals surface area contributed by atoms with E-state index in [4.69, 9.17) is 0 Å². The molecule has 4 rings (SSSR count). The first kappa shape index (κ1) is 27.2. The number of piperidine rings is 1. The van der Waals surface area contributed by atoms with Crippen molar-refractivity contribution in [3.05, 3.63) is 64.7 Å². The lowest BCUT2D eigenvalue weighted by atomic mass is 9.85. The Kier molecular flexibility index (Phi) is 7.53. The molecular formula is C28H34FN5O4. The lowest BCUT2D eigenvalue weighted by Gasteiger charge is -2.43. The van der Waals surface area contributed by atoms with Gasteiger partial charge in [-0.25, -0.2) is 9.18 Å². The summed E-state index contributed by atoms with van der Waals surface area (Å²) in [6, 6.07) is 6.74. The van der Waals surface area contributed by atoms with Gasteiger partial charge >= 0.3 is 6.03 Å². The molecule has 0 aliphatic carbocycles. The molecule has 1 aromatic carbocycles. The molecule has 202 valence electrons. The number of likely N-dealkylation sites (N-methyl/N-ethyl adjacent to an activating group) is 1. The van der Waals surface area contributed by atoms with Crippen molar-refractivity contribution in [1.29, 1.82) is 0 Å². The number of imide groups is 1. The minimum Gasteiger partial charge on any atom is -0.341 e. The van der Waals surface area contributed by atoms with Gasteiger partial charge in [0.15, 0.2) is 0 Å². The zero-order valence-corrected chi connectivity index (χ0v) is 22.5. The number of likely N-dealkylation sites (tertiary alicyclic amines) is 1. The lowest BCUT2D eigenvalue weighted by Crippen LogP contribution is -2.60. The first-order chi connectivity index (χ1) is 17.9. The number of carbonyl (C=O) groups excluding carboxylic acids is 4. The number of aryl methyl sites for hydroxylation is 2. The van der Waals surface area contributed by atoms with Gasteiger partial charge in [0.1, 0.15) is 17.4 Å². The van der Waals surface area contributed by atoms with Crippen molar-refractivity contribution in [2.75, 3.05) is 20.1 Å². The van der Waals surface area contributed by atoms with Crippen LogP contribution in [-0.2, 0) is 16.1 Å². The van der Waals surface area contributed by atoms with E-state index in [1.54, 1.807) is 29.0 Å². The topological polar surface area (TPSA) is 103 Å². The van der Waals surface area contributed by atoms with Crippen LogP contribution < -0.4 is 5.32 Å². The van der Waals surface area contributed by atoms with Crippen molar-refractivity contribution in [2.45, 2.75) is 58.7 Å². The summed E-state index contributed by atoms with van der Waals surface area (Å²) in [6.07, 6.45) is 2.24. The van der Waals surface area contributed by atoms with E-state index >= 15 is 0 Å². The molecule has 0 radical (unpaired) electrons. The van der Waals surface area contributed by atoms with Crippen LogP contribution in [0.1, 0.15) is 53.9 Å². The fourth-order valence-corrected chi connectivity index (χ4v) is 5.31. The number of aromatic nitrogens is 1. The van der Waals surface area contributed by atoms with Crippen LogP contribution in [-0.4, -0.2) is 75.2 Å². The number of carbonyl (C=O) groups is 4. The molecule has 2 aliphatic rings. The van der Waals surface area contributed by atoms with Crippen molar-refractivity contribution in [2.24, 2.45) is 5.92 Å². The summed E-state index contributed by atoms with van der Waals surface area (Å²) in [4.78, 5) is 61.3. The highest BCUT2D eigenvalue weighted by Gasteiger charge is 2.57. The van der Waals surface area contributed by atoms with E-state index in [1.807, 2.05) is 32.9 Å². The third-order valence-corrected chi connectivity index (χ3v) is 7.53. The van der Waals surface area contributed by atoms with Crippen LogP contribution in [0.4, 0.5) is 9.18 Å². The average Bonchev–Trinajstić information content (AvgIpc) is 3.04. The van der Waals surface area contributed by atoms with Gasteiger partial charge in [-0.3, -0.25) is 24.3 Å². The molecule has 5 amide bonds. The molecule has 9 nitrogen and oxygen atoms in total. The Bertz CT molecular complexity index is 1270. The van der Waals surface area contributed by atoms with Crippen LogP contribution in [0.3, 0.4) is 0 Å². The van der Waals surface area contributed by atoms with Gasteiger partial charge in [-0.2, -0.15) is 0 Å². The smallest absolute Gasteiger partial charge is 0.327 e. The number of halogens is 1. The highest BCUT2D eigenvalue weighted by atomic mass is 19.1. The summed E-state index contributed by atoms with van der Waals surface area (Å²) >= 11 is 0. The van der Waals surface area contributed by atoms with E-state index < -0.39 is 23.3 Å². The molecule has 1 atom stereocenters. The van der Waals surface area contributed by atoms with E-state index in [0.717, 1.165) is 21.7 Å². The fraction of sp³-hybridized carbons (Fsp3) is 0.464. The molecule has 2 aliphatic heterocycles. The maximum absolute atomic E-state index is 14.3. The monoisotopic (exact) mass is 523 g/mol. The van der Waals surface area contributed by atoms with Crippen molar-refractivity contribution in [1.82, 2.24) is 25.0 Å². The van der Waals surface area contributed by atoms with Gasteiger partial charge < -0.3 is 15.1 Å². The SMILES string of the molecule is Cc1ccc(F)c(C(=O)N[C@@H](C(=O)N2CCC3(CC2)C(=O)N(C)C(=O)N3Cc2ccnc(C)c2)C(C)C)c1. The molecule has 38 heavy (non-hydrogen) atoms. The second-order valence-corrected chi connectivity index (χ2v) is 10.6. The molecule has 3 heterocycles. The zero-order chi connectivity index (χ0) is 27.8. The Balaban J connectivity index is 1.50. The first-order valence-electron chi connectivity index (χ1n) is 12.8. The van der Waals surface area contributed by atoms with Crippen molar-refractivity contribution < 1.29 is 23.6 Å². The predicted octanol–water partition coefficient (Wildman–Crippen LogP) is 3.05. The summed E-state index contributed by atoms with van der Waals surface area (Å²) in [7, 11) is 1.48. The Morgan fingerprint density at radius 2 is 1.79 bits per heavy atom. The maximum atomic E-state index is 14.3. The largest absolute Gasteiger partial charge is 0.341 e. The van der Waals surface area contributed by atoms with Gasteiger partial charge in [0.2, 0.25) is 5.91 Å². The second kappa shape index (κ2) is 10.5. The minimum atomic E-state index is -1.04. The number of nitrogens with zero attached hydrogens (tertiary/aromatic N) is 4. The summed E-state index contributed by atoms with van der Waals surface area (Å²) in [5.74, 6) is -2.12. The number of hydrogen-bond donors (Lipinski definition) is 1. The summed E-state index contributed by atoms with van der Waals surface area (Å²) in [5.41, 5.74) is 1.27. The van der Waals surface area contributed by atoms with Crippen LogP contribution in [0.2, 0.25) is 0 Å². The number of rotatable bonds is 6. The Labute approximate surface area is 222 Å². The van der Waals surface area contributed by atoms with Crippen LogP contribution in [0.15, 0.2) is 36.5 Å². The number of nitrogens with one attached hydrogen (secondary N) is 1. The van der Waals surface area contributed by atoms with E-state index in [2.05, 4.69) is 10.3 Å². The molecule has 1 aromatic heterocycles. The van der Waals surface area contributed by atoms with Crippen molar-refractivity contribution in [3.63, 3.8) is 0 Å². The molecule has 2 saturated heterocycles. The van der Waals surface area contributed by atoms with Crippen LogP contribution in [0.25, 0.3) is 0 Å². The number of benzene rings is 1. The Morgan fingerprint density at radius 1 is 1.11 bits per heavy atom. The van der Waals surface area contributed by atoms with Gasteiger partial charge in [0, 0.05) is 38.6 Å². The van der Waals surface area contributed by atoms with Crippen LogP contribution in [0, 0.1) is 25.6 Å². The van der Waals surface area contributed by atoms with E-state index in [9.17, 15) is 23.6 Å². The summed E-state index contributed by atoms with van der Waals surface area (Å²) < 4.78 is 14.3. The van der Waals surface area contributed by atoms with Crippen molar-refractivity contribution >= 4 is 23.8 Å². The third-order valence-electron chi connectivity index (χ3n) is 7.53. The van der Waals surface area contributed by atoms with Gasteiger partial charge in [0.25, 0.3) is 11.8 Å². The maximum Gasteiger partial charge on any atom is 0.327 e. The molecule has 0 unspecified atom stereocenters. The zero-order valence-electron chi connectivity index (χ0n) is 22.5. The summed E-state index contributed by atoms with van der Waals surface area (Å²) in [5, 5.41) is 2.71. The fourth-order valence-electron chi connectivity index (χ4n) is 5.31. The lowest BCUT2D eigenvalue weighted by molar-refractivity contribution is -0.142. The van der Waals surface area contributed by atoms with Crippen molar-refractivity contribution in [3.8, 4) is 0 Å². The van der Waals surface area contributed by atoms with Crippen LogP contribution >= 0.6 is 0 Å². The van der Waals surface area contributed by atoms with E-state index in [-0.39, 0.29) is 61.8 Å². The van der Waals surface area contributed by atoms with Gasteiger partial charge in [-0.05, 0) is 62.4 Å². The molecule has 2 aromatic rings. The number of urea groups is 1. The number of hydrogen-bond acceptors (Lipinski definition) is 5. The molecule has 10 heteroatoms. The van der Waals surface area contributed by atoms with E-state index in [1.165, 1.54) is 19.2 Å². The molecule has 0 saturated carbocycles. The van der Waals surface area contributed by atoms with Gasteiger partial charge in [0.05, 0.1) is 5.56 Å². The number of pyridine rings is 1. The van der Waals surface area contributed by atoms with E-state index in [0.29, 0.717) is 0 Å². The van der Waals surface area contributed by atoms with Crippen LogP contribution in [0.5, 0.6) is 0 Å². The third kappa shape index (κ3) is 4.99. The highest BCUT2D eigenvalue weighted by Crippen LogP contribution is 2.38. The quantitative estimate of drug-likeness (QED) is 0.587. The molecule has 2 fully saturated rings. The number of amides is 5. The normalized spacial score (nSPS) is 17.9. The molecule has 0 bridgehead atoms. The molecular weight excluding hydrogens is 489 g/mol. The average molecular weight is 524 g/mol. The highest BCUT2D eigenvalue weighted by molar-refractivity contribution is 6.07. The molecule has 1 spiro atoms. The summed E-state index contributed by atoms with van der Waals surface area (Å²) in [6.45, 7) is 8.00. The Hall–Kier alpha value is -3.82. The minimum absolute atomic E-state index is 0.110. The first-order valence-corrected chi connectivity index (χ1v) is 12.8. The predicted molar refractivity (Wildman–Crippen MR) is 138 cm³/mol. The molecule has 1 N–H and O–H groups in total. The van der Waals surface area contributed by atoms with Gasteiger partial charge in [-0.1, -0.05) is 25.5 Å². The van der Waals surface area contributed by atoms with Gasteiger partial charge in [-0.15, -0.1) is 0 Å².